The van der Waals surface area contributed by atoms with Crippen LogP contribution in [0.25, 0.3) is 22.6 Å². The summed E-state index contributed by atoms with van der Waals surface area (Å²) in [5.41, 5.74) is 2.13. The first-order valence-electron chi connectivity index (χ1n) is 10.9. The Bertz CT molecular complexity index is 1480. The van der Waals surface area contributed by atoms with Gasteiger partial charge in [-0.1, -0.05) is 12.1 Å². The summed E-state index contributed by atoms with van der Waals surface area (Å²) in [6, 6.07) is 17.7. The average Bonchev–Trinajstić information content (AvgIpc) is 3.54. The van der Waals surface area contributed by atoms with Gasteiger partial charge in [0.05, 0.1) is 17.9 Å². The van der Waals surface area contributed by atoms with E-state index < -0.39 is 23.8 Å². The summed E-state index contributed by atoms with van der Waals surface area (Å²) in [5, 5.41) is 6.86. The van der Waals surface area contributed by atoms with Crippen LogP contribution in [0, 0.1) is 5.82 Å². The van der Waals surface area contributed by atoms with Crippen LogP contribution in [0.4, 0.5) is 13.2 Å². The minimum Gasteiger partial charge on any atom is -0.345 e. The lowest BCUT2D eigenvalue weighted by molar-refractivity contribution is 0.0941. The number of rotatable bonds is 6. The van der Waals surface area contributed by atoms with Crippen molar-refractivity contribution >= 4 is 11.6 Å². The van der Waals surface area contributed by atoms with Crippen LogP contribution in [0.15, 0.2) is 85.3 Å². The smallest absolute Gasteiger partial charge is 0.280 e. The predicted molar refractivity (Wildman–Crippen MR) is 125 cm³/mol. The topological polar surface area (TPSA) is 64.2 Å². The summed E-state index contributed by atoms with van der Waals surface area (Å²) in [7, 11) is 0. The van der Waals surface area contributed by atoms with Crippen molar-refractivity contribution < 1.29 is 18.0 Å². The Morgan fingerprint density at radius 2 is 1.69 bits per heavy atom. The van der Waals surface area contributed by atoms with E-state index in [4.69, 9.17) is 0 Å². The van der Waals surface area contributed by atoms with Gasteiger partial charge in [0.25, 0.3) is 12.3 Å². The highest BCUT2D eigenvalue weighted by Gasteiger charge is 2.22. The fourth-order valence-corrected chi connectivity index (χ4v) is 3.87. The molecule has 3 heterocycles. The normalized spacial score (nSPS) is 12.3. The number of alkyl halides is 2. The quantitative estimate of drug-likeness (QED) is 0.340. The summed E-state index contributed by atoms with van der Waals surface area (Å²) in [4.78, 5) is 17.5. The number of benzene rings is 2. The molecule has 9 heteroatoms. The van der Waals surface area contributed by atoms with Crippen molar-refractivity contribution in [2.45, 2.75) is 19.4 Å². The zero-order valence-corrected chi connectivity index (χ0v) is 18.6. The Hall–Kier alpha value is -4.40. The van der Waals surface area contributed by atoms with Gasteiger partial charge in [0.1, 0.15) is 17.1 Å². The summed E-state index contributed by atoms with van der Waals surface area (Å²) < 4.78 is 43.8. The number of carbonyl (C=O) groups excluding carboxylic acids is 1. The molecular weight excluding hydrogens is 455 g/mol. The molecule has 176 valence electrons. The molecule has 2 aromatic carbocycles. The molecule has 0 saturated carbocycles. The minimum atomic E-state index is -2.85. The van der Waals surface area contributed by atoms with E-state index in [2.05, 4.69) is 15.4 Å². The molecule has 0 fully saturated rings. The molecule has 1 amide bonds. The van der Waals surface area contributed by atoms with Crippen LogP contribution < -0.4 is 5.32 Å². The molecule has 0 bridgehead atoms. The second-order valence-electron chi connectivity index (χ2n) is 8.04. The highest BCUT2D eigenvalue weighted by atomic mass is 19.3. The number of hydrogen-bond donors (Lipinski definition) is 1. The van der Waals surface area contributed by atoms with Crippen LogP contribution in [0.3, 0.4) is 0 Å². The van der Waals surface area contributed by atoms with Crippen LogP contribution in [-0.4, -0.2) is 25.1 Å². The number of carbonyl (C=O) groups is 1. The van der Waals surface area contributed by atoms with Crippen LogP contribution in [0.1, 0.15) is 41.0 Å². The molecule has 0 spiro atoms. The summed E-state index contributed by atoms with van der Waals surface area (Å²) in [6.45, 7) is 1.83. The lowest BCUT2D eigenvalue weighted by Gasteiger charge is -2.15. The maximum Gasteiger partial charge on any atom is 0.280 e. The van der Waals surface area contributed by atoms with Crippen molar-refractivity contribution in [3.8, 4) is 16.9 Å². The molecule has 0 aliphatic rings. The minimum absolute atomic E-state index is 0.00483. The fraction of sp³-hybridized carbons (Fsp3) is 0.115. The predicted octanol–water partition coefficient (Wildman–Crippen LogP) is 5.75. The maximum atomic E-state index is 13.8. The molecular formula is C26H20F3N5O. The third-order valence-electron chi connectivity index (χ3n) is 5.75. The Labute approximate surface area is 198 Å². The van der Waals surface area contributed by atoms with Crippen molar-refractivity contribution in [1.29, 1.82) is 0 Å². The molecule has 3 aromatic heterocycles. The maximum absolute atomic E-state index is 13.8. The van der Waals surface area contributed by atoms with E-state index in [1.54, 1.807) is 0 Å². The molecule has 0 aliphatic carbocycles. The Morgan fingerprint density at radius 1 is 1.00 bits per heavy atom. The van der Waals surface area contributed by atoms with Crippen LogP contribution in [-0.2, 0) is 0 Å². The zero-order valence-electron chi connectivity index (χ0n) is 18.6. The summed E-state index contributed by atoms with van der Waals surface area (Å²) in [6.07, 6.45) is 2.24. The van der Waals surface area contributed by atoms with E-state index in [0.29, 0.717) is 5.56 Å². The van der Waals surface area contributed by atoms with Gasteiger partial charge in [-0.15, -0.1) is 0 Å². The number of amides is 1. The van der Waals surface area contributed by atoms with Crippen molar-refractivity contribution in [2.24, 2.45) is 0 Å². The lowest BCUT2D eigenvalue weighted by atomic mass is 10.1. The molecule has 5 aromatic rings. The van der Waals surface area contributed by atoms with Gasteiger partial charge in [-0.3, -0.25) is 4.79 Å². The Balaban J connectivity index is 1.44. The second kappa shape index (κ2) is 9.09. The first-order valence-corrected chi connectivity index (χ1v) is 10.9. The summed E-state index contributed by atoms with van der Waals surface area (Å²) in [5.74, 6) is -0.949. The molecule has 0 radical (unpaired) electrons. The molecule has 5 rings (SSSR count). The zero-order chi connectivity index (χ0) is 24.5. The number of nitrogens with zero attached hydrogens (tertiary/aromatic N) is 4. The highest BCUT2D eigenvalue weighted by Crippen LogP contribution is 2.27. The molecule has 35 heavy (non-hydrogen) atoms. The first kappa shape index (κ1) is 22.4. The van der Waals surface area contributed by atoms with Crippen LogP contribution in [0.2, 0.25) is 0 Å². The molecule has 1 unspecified atom stereocenters. The van der Waals surface area contributed by atoms with Gasteiger partial charge in [0, 0.05) is 23.6 Å². The number of hydrogen-bond acceptors (Lipinski definition) is 3. The van der Waals surface area contributed by atoms with E-state index in [0.717, 1.165) is 15.8 Å². The molecule has 6 nitrogen and oxygen atoms in total. The largest absolute Gasteiger partial charge is 0.345 e. The van der Waals surface area contributed by atoms with Gasteiger partial charge in [-0.2, -0.15) is 5.10 Å². The Morgan fingerprint density at radius 3 is 2.34 bits per heavy atom. The SMILES string of the molecule is CC(NC(=O)c1cnn2c(C(F)F)cc(-c3ccc(F)cc3)nc12)c1ccc(-n2cccc2)cc1. The third kappa shape index (κ3) is 4.40. The van der Waals surface area contributed by atoms with Crippen molar-refractivity contribution in [1.82, 2.24) is 24.5 Å². The van der Waals surface area contributed by atoms with Gasteiger partial charge in [-0.05, 0) is 67.1 Å². The standard InChI is InChI=1S/C26H20F3N5O/c1-16(17-6-10-20(11-7-17)33-12-2-3-13-33)31-26(35)21-15-30-34-23(24(28)29)14-22(32-25(21)34)18-4-8-19(27)9-5-18/h2-16,24H,1H3,(H,31,35). The number of aromatic nitrogens is 4. The van der Waals surface area contributed by atoms with Crippen molar-refractivity contribution in [3.63, 3.8) is 0 Å². The van der Waals surface area contributed by atoms with Gasteiger partial charge in [0.15, 0.2) is 5.65 Å². The van der Waals surface area contributed by atoms with E-state index in [1.807, 2.05) is 60.3 Å². The average molecular weight is 475 g/mol. The highest BCUT2D eigenvalue weighted by molar-refractivity contribution is 6.00. The monoisotopic (exact) mass is 475 g/mol. The van der Waals surface area contributed by atoms with Gasteiger partial charge in [-0.25, -0.2) is 22.7 Å². The number of halogens is 3. The Kier molecular flexibility index (Phi) is 5.82. The van der Waals surface area contributed by atoms with E-state index in [1.165, 1.54) is 36.5 Å². The van der Waals surface area contributed by atoms with Crippen LogP contribution in [0.5, 0.6) is 0 Å². The summed E-state index contributed by atoms with van der Waals surface area (Å²) >= 11 is 0. The van der Waals surface area contributed by atoms with E-state index in [9.17, 15) is 18.0 Å². The number of nitrogens with one attached hydrogen (secondary N) is 1. The number of fused-ring (bicyclic) bond motifs is 1. The molecule has 0 saturated heterocycles. The molecule has 1 N–H and O–H groups in total. The second-order valence-corrected chi connectivity index (χ2v) is 8.04. The third-order valence-corrected chi connectivity index (χ3v) is 5.75. The molecule has 0 aliphatic heterocycles. The van der Waals surface area contributed by atoms with E-state index >= 15 is 0 Å². The van der Waals surface area contributed by atoms with Crippen molar-refractivity contribution in [3.05, 3.63) is 108 Å². The van der Waals surface area contributed by atoms with E-state index in [-0.39, 0.29) is 22.9 Å². The van der Waals surface area contributed by atoms with Gasteiger partial charge in [0.2, 0.25) is 0 Å². The first-order chi connectivity index (χ1) is 16.9. The van der Waals surface area contributed by atoms with Crippen molar-refractivity contribution in [2.75, 3.05) is 0 Å². The van der Waals surface area contributed by atoms with Gasteiger partial charge < -0.3 is 9.88 Å². The lowest BCUT2D eigenvalue weighted by Crippen LogP contribution is -2.26. The van der Waals surface area contributed by atoms with Gasteiger partial charge >= 0.3 is 0 Å². The molecule has 1 atom stereocenters. The fourth-order valence-electron chi connectivity index (χ4n) is 3.87. The van der Waals surface area contributed by atoms with Crippen LogP contribution >= 0.6 is 0 Å².